The first kappa shape index (κ1) is 21.3. The van der Waals surface area contributed by atoms with E-state index in [1.807, 2.05) is 49.4 Å². The Labute approximate surface area is 164 Å². The van der Waals surface area contributed by atoms with E-state index in [1.54, 1.807) is 0 Å². The van der Waals surface area contributed by atoms with Crippen molar-refractivity contribution < 1.29 is 14.2 Å². The van der Waals surface area contributed by atoms with Gasteiger partial charge >= 0.3 is 0 Å². The fourth-order valence-electron chi connectivity index (χ4n) is 3.75. The first-order chi connectivity index (χ1) is 12.8. The van der Waals surface area contributed by atoms with Crippen molar-refractivity contribution in [2.24, 2.45) is 11.3 Å². The predicted molar refractivity (Wildman–Crippen MR) is 111 cm³/mol. The molecule has 2 unspecified atom stereocenters. The summed E-state index contributed by atoms with van der Waals surface area (Å²) in [5.74, 6) is 2.77. The Balaban J connectivity index is 1.81. The summed E-state index contributed by atoms with van der Waals surface area (Å²) in [6, 6.07) is 18.2. The van der Waals surface area contributed by atoms with Crippen molar-refractivity contribution in [3.05, 3.63) is 60.2 Å². The minimum absolute atomic E-state index is 0.228. The summed E-state index contributed by atoms with van der Waals surface area (Å²) >= 11 is 0. The second kappa shape index (κ2) is 9.80. The summed E-state index contributed by atoms with van der Waals surface area (Å²) in [5, 5.41) is 0. The number of para-hydroxylation sites is 1. The molecule has 0 aromatic heterocycles. The van der Waals surface area contributed by atoms with Crippen LogP contribution in [0.15, 0.2) is 54.6 Å². The number of ether oxygens (including phenoxy) is 3. The van der Waals surface area contributed by atoms with Gasteiger partial charge in [-0.15, -0.1) is 0 Å². The first-order valence-corrected chi connectivity index (χ1v) is 9.83. The largest absolute Gasteiger partial charge is 0.491 e. The maximum atomic E-state index is 5.87. The van der Waals surface area contributed by atoms with Gasteiger partial charge in [0.15, 0.2) is 6.29 Å². The number of hydrogen-bond acceptors (Lipinski definition) is 3. The lowest BCUT2D eigenvalue weighted by Crippen LogP contribution is -2.23. The van der Waals surface area contributed by atoms with Crippen molar-refractivity contribution in [2.75, 3.05) is 13.2 Å². The summed E-state index contributed by atoms with van der Waals surface area (Å²) in [7, 11) is 0. The average molecular weight is 371 g/mol. The van der Waals surface area contributed by atoms with E-state index in [0.29, 0.717) is 25.0 Å². The van der Waals surface area contributed by atoms with Crippen LogP contribution in [-0.2, 0) is 4.74 Å². The van der Waals surface area contributed by atoms with Crippen LogP contribution in [0.1, 0.15) is 53.0 Å². The van der Waals surface area contributed by atoms with Crippen LogP contribution >= 0.6 is 0 Å². The van der Waals surface area contributed by atoms with Gasteiger partial charge in [0.1, 0.15) is 18.1 Å². The molecule has 0 bridgehead atoms. The fraction of sp³-hybridized carbons (Fsp3) is 0.500. The molecule has 2 aromatic rings. The summed E-state index contributed by atoms with van der Waals surface area (Å²) in [6.07, 6.45) is -0.321. The van der Waals surface area contributed by atoms with Gasteiger partial charge in [-0.3, -0.25) is 0 Å². The topological polar surface area (TPSA) is 27.7 Å². The van der Waals surface area contributed by atoms with Crippen molar-refractivity contribution in [2.45, 2.75) is 53.8 Å². The lowest BCUT2D eigenvalue weighted by Gasteiger charge is -2.34. The van der Waals surface area contributed by atoms with Crippen molar-refractivity contribution in [3.63, 3.8) is 0 Å². The lowest BCUT2D eigenvalue weighted by atomic mass is 9.70. The normalized spacial score (nSPS) is 14.0. The van der Waals surface area contributed by atoms with E-state index in [1.165, 1.54) is 5.56 Å². The molecule has 2 rings (SSSR count). The molecule has 0 fully saturated rings. The molecule has 0 saturated heterocycles. The van der Waals surface area contributed by atoms with Gasteiger partial charge in [-0.1, -0.05) is 65.0 Å². The van der Waals surface area contributed by atoms with Gasteiger partial charge in [0.2, 0.25) is 0 Å². The van der Waals surface area contributed by atoms with Gasteiger partial charge in [0.25, 0.3) is 0 Å². The Hall–Kier alpha value is -2.00. The molecule has 0 saturated carbocycles. The van der Waals surface area contributed by atoms with Gasteiger partial charge in [-0.25, -0.2) is 0 Å². The maximum absolute atomic E-state index is 5.87. The fourth-order valence-corrected chi connectivity index (χ4v) is 3.75. The molecule has 3 heteroatoms. The summed E-state index contributed by atoms with van der Waals surface area (Å²) in [4.78, 5) is 0. The minimum Gasteiger partial charge on any atom is -0.491 e. The minimum atomic E-state index is -0.321. The third-order valence-corrected chi connectivity index (χ3v) is 4.59. The van der Waals surface area contributed by atoms with Gasteiger partial charge in [0.05, 0.1) is 6.61 Å². The van der Waals surface area contributed by atoms with Crippen LogP contribution < -0.4 is 9.47 Å². The van der Waals surface area contributed by atoms with Gasteiger partial charge in [-0.05, 0) is 54.0 Å². The molecular formula is C24H34O3. The smallest absolute Gasteiger partial charge is 0.197 e. The molecule has 0 aliphatic heterocycles. The average Bonchev–Trinajstić information content (AvgIpc) is 2.60. The van der Waals surface area contributed by atoms with Crippen LogP contribution in [0.5, 0.6) is 11.5 Å². The van der Waals surface area contributed by atoms with Crippen LogP contribution in [0.4, 0.5) is 0 Å². The molecule has 0 radical (unpaired) electrons. The number of rotatable bonds is 9. The highest BCUT2D eigenvalue weighted by Crippen LogP contribution is 2.40. The molecule has 3 nitrogen and oxygen atoms in total. The van der Waals surface area contributed by atoms with E-state index < -0.39 is 0 Å². The van der Waals surface area contributed by atoms with Crippen LogP contribution in [0, 0.1) is 11.3 Å². The Kier molecular flexibility index (Phi) is 7.73. The lowest BCUT2D eigenvalue weighted by molar-refractivity contribution is -0.0739. The standard InChI is InChI=1S/C24H34O3/c1-18(2)23(24(4,5)6)20-12-14-22(15-13-20)27-19(3)25-16-17-26-21-10-8-7-9-11-21/h7-15,18-19,23H,16-17H2,1-6H3. The zero-order valence-corrected chi connectivity index (χ0v) is 17.6. The summed E-state index contributed by atoms with van der Waals surface area (Å²) in [5.41, 5.74) is 1.58. The van der Waals surface area contributed by atoms with E-state index in [9.17, 15) is 0 Å². The molecular weight excluding hydrogens is 336 g/mol. The van der Waals surface area contributed by atoms with Gasteiger partial charge < -0.3 is 14.2 Å². The van der Waals surface area contributed by atoms with Crippen molar-refractivity contribution in [1.29, 1.82) is 0 Å². The summed E-state index contributed by atoms with van der Waals surface area (Å²) in [6.45, 7) is 14.4. The molecule has 0 N–H and O–H groups in total. The van der Waals surface area contributed by atoms with Gasteiger partial charge in [-0.2, -0.15) is 0 Å². The third kappa shape index (κ3) is 6.91. The molecule has 2 atom stereocenters. The Morgan fingerprint density at radius 3 is 1.96 bits per heavy atom. The molecule has 27 heavy (non-hydrogen) atoms. The quantitative estimate of drug-likeness (QED) is 0.383. The monoisotopic (exact) mass is 370 g/mol. The van der Waals surface area contributed by atoms with Crippen molar-refractivity contribution in [1.82, 2.24) is 0 Å². The van der Waals surface area contributed by atoms with E-state index >= 15 is 0 Å². The highest BCUT2D eigenvalue weighted by atomic mass is 16.7. The van der Waals surface area contributed by atoms with Crippen LogP contribution in [0.2, 0.25) is 0 Å². The number of hydrogen-bond donors (Lipinski definition) is 0. The van der Waals surface area contributed by atoms with E-state index in [4.69, 9.17) is 14.2 Å². The first-order valence-electron chi connectivity index (χ1n) is 9.83. The molecule has 0 amide bonds. The SMILES string of the molecule is CC(OCCOc1ccccc1)Oc1ccc(C(C(C)C)C(C)(C)C)cc1. The van der Waals surface area contributed by atoms with Crippen molar-refractivity contribution >= 4 is 0 Å². The van der Waals surface area contributed by atoms with E-state index in [2.05, 4.69) is 46.8 Å². The summed E-state index contributed by atoms with van der Waals surface area (Å²) < 4.78 is 17.2. The Bertz CT molecular complexity index is 656. The second-order valence-corrected chi connectivity index (χ2v) is 8.37. The zero-order chi connectivity index (χ0) is 19.9. The van der Waals surface area contributed by atoms with Crippen molar-refractivity contribution in [3.8, 4) is 11.5 Å². The Morgan fingerprint density at radius 2 is 1.41 bits per heavy atom. The predicted octanol–water partition coefficient (Wildman–Crippen LogP) is 6.29. The third-order valence-electron chi connectivity index (χ3n) is 4.59. The zero-order valence-electron chi connectivity index (χ0n) is 17.6. The van der Waals surface area contributed by atoms with E-state index in [-0.39, 0.29) is 11.7 Å². The van der Waals surface area contributed by atoms with Crippen LogP contribution in [-0.4, -0.2) is 19.5 Å². The highest BCUT2D eigenvalue weighted by Gasteiger charge is 2.28. The molecule has 0 aliphatic carbocycles. The van der Waals surface area contributed by atoms with E-state index in [0.717, 1.165) is 11.5 Å². The molecule has 2 aromatic carbocycles. The molecule has 0 heterocycles. The van der Waals surface area contributed by atoms with Gasteiger partial charge in [0, 0.05) is 0 Å². The second-order valence-electron chi connectivity index (χ2n) is 8.37. The molecule has 0 aliphatic rings. The molecule has 148 valence electrons. The maximum Gasteiger partial charge on any atom is 0.197 e. The van der Waals surface area contributed by atoms with Crippen LogP contribution in [0.25, 0.3) is 0 Å². The molecule has 0 spiro atoms. The van der Waals surface area contributed by atoms with Crippen LogP contribution in [0.3, 0.4) is 0 Å². The highest BCUT2D eigenvalue weighted by molar-refractivity contribution is 5.30. The number of benzene rings is 2. The Morgan fingerprint density at radius 1 is 0.778 bits per heavy atom.